The number of halogens is 1. The fourth-order valence-corrected chi connectivity index (χ4v) is 4.17. The number of morpholine rings is 1. The summed E-state index contributed by atoms with van der Waals surface area (Å²) in [5, 5.41) is 2.60. The van der Waals surface area contributed by atoms with Crippen LogP contribution < -0.4 is 5.32 Å². The van der Waals surface area contributed by atoms with Crippen molar-refractivity contribution in [3.05, 3.63) is 53.3 Å². The predicted molar refractivity (Wildman–Crippen MR) is 104 cm³/mol. The molecule has 1 fully saturated rings. The summed E-state index contributed by atoms with van der Waals surface area (Å²) in [6.45, 7) is 0.550. The number of sulfonamides is 1. The fourth-order valence-electron chi connectivity index (χ4n) is 2.57. The fraction of sp³-hybridized carbons (Fsp3) is 0.278. The summed E-state index contributed by atoms with van der Waals surface area (Å²) in [5.74, 6) is -1.42. The van der Waals surface area contributed by atoms with Crippen LogP contribution in [0.2, 0.25) is 5.02 Å². The molecule has 0 radical (unpaired) electrons. The van der Waals surface area contributed by atoms with E-state index in [1.807, 2.05) is 0 Å². The molecule has 11 heteroatoms. The molecule has 0 atom stereocenters. The number of nitrogens with one attached hydrogen (secondary N) is 1. The summed E-state index contributed by atoms with van der Waals surface area (Å²) < 4.78 is 36.9. The van der Waals surface area contributed by atoms with Crippen molar-refractivity contribution in [1.82, 2.24) is 9.29 Å². The highest BCUT2D eigenvalue weighted by molar-refractivity contribution is 7.89. The van der Waals surface area contributed by atoms with Crippen LogP contribution >= 0.6 is 11.6 Å². The highest BCUT2D eigenvalue weighted by Crippen LogP contribution is 2.27. The van der Waals surface area contributed by atoms with Gasteiger partial charge in [-0.15, -0.1) is 0 Å². The molecule has 0 unspecified atom stereocenters. The van der Waals surface area contributed by atoms with Gasteiger partial charge in [0.1, 0.15) is 5.69 Å². The SMILES string of the molecule is O=C(COC(=O)c1ccccn1)Nc1cc(S(=O)(=O)N2CCOCC2)ccc1Cl. The first-order valence-corrected chi connectivity index (χ1v) is 10.4. The lowest BCUT2D eigenvalue weighted by Gasteiger charge is -2.26. The average molecular weight is 440 g/mol. The Hall–Kier alpha value is -2.53. The van der Waals surface area contributed by atoms with Crippen LogP contribution in [0, 0.1) is 0 Å². The van der Waals surface area contributed by atoms with Crippen LogP contribution in [-0.4, -0.2) is 62.5 Å². The molecule has 1 aliphatic heterocycles. The number of aromatic nitrogens is 1. The molecule has 9 nitrogen and oxygen atoms in total. The van der Waals surface area contributed by atoms with E-state index in [4.69, 9.17) is 21.1 Å². The predicted octanol–water partition coefficient (Wildman–Crippen LogP) is 1.55. The van der Waals surface area contributed by atoms with E-state index in [9.17, 15) is 18.0 Å². The molecule has 0 aliphatic carbocycles. The van der Waals surface area contributed by atoms with E-state index in [1.165, 1.54) is 34.8 Å². The van der Waals surface area contributed by atoms with Crippen molar-refractivity contribution in [3.63, 3.8) is 0 Å². The summed E-state index contributed by atoms with van der Waals surface area (Å²) in [6, 6.07) is 8.73. The monoisotopic (exact) mass is 439 g/mol. The topological polar surface area (TPSA) is 115 Å². The Bertz CT molecular complexity index is 994. The van der Waals surface area contributed by atoms with Crippen LogP contribution in [0.3, 0.4) is 0 Å². The maximum Gasteiger partial charge on any atom is 0.357 e. The van der Waals surface area contributed by atoms with Gasteiger partial charge in [0.2, 0.25) is 10.0 Å². The van der Waals surface area contributed by atoms with Gasteiger partial charge in [0.25, 0.3) is 5.91 Å². The van der Waals surface area contributed by atoms with Crippen LogP contribution in [0.4, 0.5) is 5.69 Å². The minimum atomic E-state index is -3.75. The summed E-state index contributed by atoms with van der Waals surface area (Å²) in [4.78, 5) is 27.8. The average Bonchev–Trinajstić information content (AvgIpc) is 2.74. The number of carbonyl (C=O) groups excluding carboxylic acids is 2. The second kappa shape index (κ2) is 9.31. The normalized spacial score (nSPS) is 14.9. The van der Waals surface area contributed by atoms with E-state index in [-0.39, 0.29) is 34.4 Å². The van der Waals surface area contributed by atoms with Gasteiger partial charge in [0.15, 0.2) is 6.61 Å². The number of anilines is 1. The molecule has 0 bridgehead atoms. The third-order valence-corrected chi connectivity index (χ3v) is 6.25. The van der Waals surface area contributed by atoms with Crippen molar-refractivity contribution >= 4 is 39.2 Å². The van der Waals surface area contributed by atoms with Crippen LogP contribution in [0.25, 0.3) is 0 Å². The number of hydrogen-bond acceptors (Lipinski definition) is 7. The molecule has 1 N–H and O–H groups in total. The third-order valence-electron chi connectivity index (χ3n) is 4.03. The first kappa shape index (κ1) is 21.2. The Balaban J connectivity index is 1.66. The van der Waals surface area contributed by atoms with Gasteiger partial charge in [0.05, 0.1) is 28.8 Å². The van der Waals surface area contributed by atoms with Gasteiger partial charge < -0.3 is 14.8 Å². The van der Waals surface area contributed by atoms with E-state index in [1.54, 1.807) is 12.1 Å². The summed E-state index contributed by atoms with van der Waals surface area (Å²) in [7, 11) is -3.75. The lowest BCUT2D eigenvalue weighted by atomic mass is 10.3. The number of nitrogens with zero attached hydrogens (tertiary/aromatic N) is 2. The Kier molecular flexibility index (Phi) is 6.80. The maximum absolute atomic E-state index is 12.7. The molecule has 1 aliphatic rings. The molecule has 1 saturated heterocycles. The first-order chi connectivity index (χ1) is 13.9. The second-order valence-electron chi connectivity index (χ2n) is 6.00. The van der Waals surface area contributed by atoms with Gasteiger partial charge in [-0.25, -0.2) is 18.2 Å². The molecular weight excluding hydrogens is 422 g/mol. The maximum atomic E-state index is 12.7. The number of rotatable bonds is 6. The highest BCUT2D eigenvalue weighted by atomic mass is 35.5. The van der Waals surface area contributed by atoms with E-state index >= 15 is 0 Å². The zero-order valence-electron chi connectivity index (χ0n) is 15.2. The van der Waals surface area contributed by atoms with Crippen LogP contribution in [0.5, 0.6) is 0 Å². The van der Waals surface area contributed by atoms with Crippen molar-refractivity contribution in [1.29, 1.82) is 0 Å². The van der Waals surface area contributed by atoms with Crippen LogP contribution in [0.15, 0.2) is 47.5 Å². The molecule has 0 saturated carbocycles. The minimum Gasteiger partial charge on any atom is -0.451 e. The zero-order chi connectivity index (χ0) is 20.9. The number of pyridine rings is 1. The van der Waals surface area contributed by atoms with Gasteiger partial charge in [-0.1, -0.05) is 17.7 Å². The molecule has 1 amide bonds. The van der Waals surface area contributed by atoms with Gasteiger partial charge in [0, 0.05) is 19.3 Å². The zero-order valence-corrected chi connectivity index (χ0v) is 16.8. The standard InChI is InChI=1S/C18H18ClN3O6S/c19-14-5-4-13(29(25,26)22-7-9-27-10-8-22)11-16(14)21-17(23)12-28-18(24)15-3-1-2-6-20-15/h1-6,11H,7-10,12H2,(H,21,23). The third kappa shape index (κ3) is 5.30. The van der Waals surface area contributed by atoms with E-state index < -0.39 is 28.5 Å². The number of benzene rings is 1. The summed E-state index contributed by atoms with van der Waals surface area (Å²) in [6.07, 6.45) is 1.43. The number of carbonyl (C=O) groups is 2. The molecule has 1 aromatic heterocycles. The molecule has 29 heavy (non-hydrogen) atoms. The summed E-state index contributed by atoms with van der Waals surface area (Å²) in [5.41, 5.74) is 0.164. The molecule has 2 heterocycles. The number of hydrogen-bond donors (Lipinski definition) is 1. The Morgan fingerprint density at radius 2 is 1.97 bits per heavy atom. The van der Waals surface area contributed by atoms with E-state index in [0.29, 0.717) is 13.2 Å². The molecule has 1 aromatic carbocycles. The Morgan fingerprint density at radius 3 is 2.66 bits per heavy atom. The van der Waals surface area contributed by atoms with Gasteiger partial charge in [-0.05, 0) is 30.3 Å². The molecule has 154 valence electrons. The second-order valence-corrected chi connectivity index (χ2v) is 8.34. The summed E-state index contributed by atoms with van der Waals surface area (Å²) >= 11 is 6.07. The first-order valence-electron chi connectivity index (χ1n) is 8.63. The van der Waals surface area contributed by atoms with Crippen molar-refractivity contribution < 1.29 is 27.5 Å². The lowest BCUT2D eigenvalue weighted by Crippen LogP contribution is -2.40. The minimum absolute atomic E-state index is 0.00965. The van der Waals surface area contributed by atoms with Crippen LogP contribution in [-0.2, 0) is 24.3 Å². The van der Waals surface area contributed by atoms with Crippen molar-refractivity contribution in [3.8, 4) is 0 Å². The quantitative estimate of drug-likeness (QED) is 0.679. The van der Waals surface area contributed by atoms with Crippen molar-refractivity contribution in [2.45, 2.75) is 4.90 Å². The Morgan fingerprint density at radius 1 is 1.21 bits per heavy atom. The van der Waals surface area contributed by atoms with Gasteiger partial charge >= 0.3 is 5.97 Å². The van der Waals surface area contributed by atoms with Crippen molar-refractivity contribution in [2.24, 2.45) is 0 Å². The number of ether oxygens (including phenoxy) is 2. The molecular formula is C18H18ClN3O6S. The number of esters is 1. The molecule has 0 spiro atoms. The molecule has 3 rings (SSSR count). The smallest absolute Gasteiger partial charge is 0.357 e. The van der Waals surface area contributed by atoms with E-state index in [0.717, 1.165) is 0 Å². The Labute approximate surface area is 172 Å². The molecule has 2 aromatic rings. The van der Waals surface area contributed by atoms with Crippen molar-refractivity contribution in [2.75, 3.05) is 38.2 Å². The number of amides is 1. The van der Waals surface area contributed by atoms with E-state index in [2.05, 4.69) is 10.3 Å². The van der Waals surface area contributed by atoms with Crippen LogP contribution in [0.1, 0.15) is 10.5 Å². The van der Waals surface area contributed by atoms with Gasteiger partial charge in [-0.2, -0.15) is 4.31 Å². The highest BCUT2D eigenvalue weighted by Gasteiger charge is 2.27. The lowest BCUT2D eigenvalue weighted by molar-refractivity contribution is -0.119. The largest absolute Gasteiger partial charge is 0.451 e. The van der Waals surface area contributed by atoms with Gasteiger partial charge in [-0.3, -0.25) is 4.79 Å².